The van der Waals surface area contributed by atoms with Gasteiger partial charge < -0.3 is 15.5 Å². The molecule has 1 atom stereocenters. The molecule has 0 spiro atoms. The van der Waals surface area contributed by atoms with Crippen LogP contribution in [0.15, 0.2) is 16.7 Å². The van der Waals surface area contributed by atoms with Crippen LogP contribution in [0.2, 0.25) is 0 Å². The Bertz CT molecular complexity index is 340. The number of rotatable bonds is 4. The van der Waals surface area contributed by atoms with Gasteiger partial charge in [-0.15, -0.1) is 0 Å². The predicted molar refractivity (Wildman–Crippen MR) is 58.7 cm³/mol. The van der Waals surface area contributed by atoms with E-state index in [0.717, 1.165) is 12.0 Å². The first-order chi connectivity index (χ1) is 7.02. The topological polar surface area (TPSA) is 68.3 Å². The highest BCUT2D eigenvalue weighted by molar-refractivity contribution is 5.93. The van der Waals surface area contributed by atoms with E-state index in [1.807, 2.05) is 20.8 Å². The molecular formula is C11H18N2O2. The third-order valence-electron chi connectivity index (χ3n) is 2.71. The van der Waals surface area contributed by atoms with Crippen LogP contribution in [0, 0.1) is 6.92 Å². The summed E-state index contributed by atoms with van der Waals surface area (Å²) in [5, 5.41) is 2.88. The lowest BCUT2D eigenvalue weighted by atomic mass is 9.99. The van der Waals surface area contributed by atoms with E-state index in [1.165, 1.54) is 6.26 Å². The molecule has 84 valence electrons. The molecule has 0 radical (unpaired) electrons. The first kappa shape index (κ1) is 11.8. The van der Waals surface area contributed by atoms with E-state index >= 15 is 0 Å². The van der Waals surface area contributed by atoms with Crippen LogP contribution in [0.4, 0.5) is 0 Å². The molecule has 0 aliphatic heterocycles. The summed E-state index contributed by atoms with van der Waals surface area (Å²) in [6.45, 7) is 6.16. The van der Waals surface area contributed by atoms with Crippen molar-refractivity contribution in [3.8, 4) is 0 Å². The van der Waals surface area contributed by atoms with E-state index in [0.29, 0.717) is 12.3 Å². The zero-order valence-electron chi connectivity index (χ0n) is 9.46. The number of furan rings is 1. The molecule has 1 aromatic heterocycles. The summed E-state index contributed by atoms with van der Waals surface area (Å²) in [5.41, 5.74) is 6.08. The number of nitrogens with two attached hydrogens (primary N) is 1. The van der Waals surface area contributed by atoms with Gasteiger partial charge in [-0.2, -0.15) is 0 Å². The molecule has 0 aliphatic carbocycles. The fourth-order valence-electron chi connectivity index (χ4n) is 1.22. The van der Waals surface area contributed by atoms with Gasteiger partial charge in [-0.05, 0) is 26.3 Å². The second-order valence-electron chi connectivity index (χ2n) is 4.01. The fraction of sp³-hybridized carbons (Fsp3) is 0.545. The summed E-state index contributed by atoms with van der Waals surface area (Å²) < 4.78 is 5.11. The second kappa shape index (κ2) is 4.49. The van der Waals surface area contributed by atoms with Crippen LogP contribution in [-0.4, -0.2) is 18.0 Å². The molecule has 1 unspecified atom stereocenters. The highest BCUT2D eigenvalue weighted by atomic mass is 16.3. The molecule has 1 aromatic rings. The second-order valence-corrected chi connectivity index (χ2v) is 4.01. The number of carbonyl (C=O) groups is 1. The standard InChI is InChI=1S/C11H18N2O2/c1-4-11(3,7-12)13-10(14)9-8(2)5-6-15-9/h5-6H,4,7,12H2,1-3H3,(H,13,14). The molecule has 4 heteroatoms. The molecule has 0 aromatic carbocycles. The number of hydrogen-bond acceptors (Lipinski definition) is 3. The average Bonchev–Trinajstić information content (AvgIpc) is 2.64. The summed E-state index contributed by atoms with van der Waals surface area (Å²) >= 11 is 0. The van der Waals surface area contributed by atoms with Crippen LogP contribution >= 0.6 is 0 Å². The SMILES string of the molecule is CCC(C)(CN)NC(=O)c1occc1C. The Balaban J connectivity index is 2.76. The van der Waals surface area contributed by atoms with E-state index in [4.69, 9.17) is 10.2 Å². The van der Waals surface area contributed by atoms with Gasteiger partial charge in [0.05, 0.1) is 6.26 Å². The quantitative estimate of drug-likeness (QED) is 0.790. The highest BCUT2D eigenvalue weighted by Gasteiger charge is 2.24. The van der Waals surface area contributed by atoms with Gasteiger partial charge >= 0.3 is 0 Å². The Labute approximate surface area is 89.8 Å². The van der Waals surface area contributed by atoms with Crippen LogP contribution in [0.3, 0.4) is 0 Å². The minimum atomic E-state index is -0.365. The third kappa shape index (κ3) is 2.59. The van der Waals surface area contributed by atoms with Crippen molar-refractivity contribution in [1.82, 2.24) is 5.32 Å². The number of nitrogens with one attached hydrogen (secondary N) is 1. The lowest BCUT2D eigenvalue weighted by molar-refractivity contribution is 0.0877. The number of aryl methyl sites for hydroxylation is 1. The Hall–Kier alpha value is -1.29. The molecule has 0 saturated heterocycles. The van der Waals surface area contributed by atoms with Crippen molar-refractivity contribution in [3.05, 3.63) is 23.7 Å². The summed E-state index contributed by atoms with van der Waals surface area (Å²) in [4.78, 5) is 11.8. The van der Waals surface area contributed by atoms with Crippen LogP contribution in [-0.2, 0) is 0 Å². The van der Waals surface area contributed by atoms with Crippen molar-refractivity contribution < 1.29 is 9.21 Å². The minimum Gasteiger partial charge on any atom is -0.459 e. The monoisotopic (exact) mass is 210 g/mol. The van der Waals surface area contributed by atoms with Crippen LogP contribution < -0.4 is 11.1 Å². The maximum Gasteiger partial charge on any atom is 0.287 e. The van der Waals surface area contributed by atoms with E-state index in [2.05, 4.69) is 5.32 Å². The lowest BCUT2D eigenvalue weighted by Gasteiger charge is -2.27. The number of carbonyl (C=O) groups excluding carboxylic acids is 1. The van der Waals surface area contributed by atoms with Gasteiger partial charge in [0.2, 0.25) is 0 Å². The summed E-state index contributed by atoms with van der Waals surface area (Å²) in [5.74, 6) is 0.162. The molecule has 1 rings (SSSR count). The number of hydrogen-bond donors (Lipinski definition) is 2. The summed E-state index contributed by atoms with van der Waals surface area (Å²) in [6, 6.07) is 1.76. The van der Waals surface area contributed by atoms with Crippen molar-refractivity contribution in [1.29, 1.82) is 0 Å². The van der Waals surface area contributed by atoms with Crippen molar-refractivity contribution in [2.45, 2.75) is 32.7 Å². The van der Waals surface area contributed by atoms with Crippen molar-refractivity contribution >= 4 is 5.91 Å². The molecule has 0 saturated carbocycles. The Morgan fingerprint density at radius 1 is 1.67 bits per heavy atom. The Morgan fingerprint density at radius 3 is 2.73 bits per heavy atom. The zero-order chi connectivity index (χ0) is 11.5. The molecule has 1 amide bonds. The smallest absolute Gasteiger partial charge is 0.287 e. The fourth-order valence-corrected chi connectivity index (χ4v) is 1.22. The first-order valence-corrected chi connectivity index (χ1v) is 5.09. The molecule has 0 bridgehead atoms. The predicted octanol–water partition coefficient (Wildman–Crippen LogP) is 1.45. The van der Waals surface area contributed by atoms with Gasteiger partial charge in [0.25, 0.3) is 5.91 Å². The Morgan fingerprint density at radius 2 is 2.33 bits per heavy atom. The molecule has 0 fully saturated rings. The maximum atomic E-state index is 11.8. The molecular weight excluding hydrogens is 192 g/mol. The number of amides is 1. The zero-order valence-corrected chi connectivity index (χ0v) is 9.46. The van der Waals surface area contributed by atoms with Gasteiger partial charge in [0.15, 0.2) is 5.76 Å². The normalized spacial score (nSPS) is 14.7. The van der Waals surface area contributed by atoms with E-state index in [-0.39, 0.29) is 11.4 Å². The first-order valence-electron chi connectivity index (χ1n) is 5.09. The van der Waals surface area contributed by atoms with Gasteiger partial charge in [-0.1, -0.05) is 6.92 Å². The molecule has 0 aliphatic rings. The molecule has 4 nitrogen and oxygen atoms in total. The van der Waals surface area contributed by atoms with Crippen LogP contribution in [0.25, 0.3) is 0 Å². The minimum absolute atomic E-state index is 0.202. The highest BCUT2D eigenvalue weighted by Crippen LogP contribution is 2.12. The van der Waals surface area contributed by atoms with Gasteiger partial charge in [0.1, 0.15) is 0 Å². The molecule has 3 N–H and O–H groups in total. The largest absolute Gasteiger partial charge is 0.459 e. The van der Waals surface area contributed by atoms with E-state index in [9.17, 15) is 4.79 Å². The van der Waals surface area contributed by atoms with Gasteiger partial charge in [0, 0.05) is 17.6 Å². The van der Waals surface area contributed by atoms with E-state index < -0.39 is 0 Å². The van der Waals surface area contributed by atoms with Crippen molar-refractivity contribution in [2.75, 3.05) is 6.54 Å². The van der Waals surface area contributed by atoms with Crippen LogP contribution in [0.1, 0.15) is 36.4 Å². The maximum absolute atomic E-state index is 11.8. The molecule has 15 heavy (non-hydrogen) atoms. The Kier molecular flexibility index (Phi) is 3.52. The lowest BCUT2D eigenvalue weighted by Crippen LogP contribution is -2.50. The van der Waals surface area contributed by atoms with Gasteiger partial charge in [-0.25, -0.2) is 0 Å². The van der Waals surface area contributed by atoms with Crippen molar-refractivity contribution in [2.24, 2.45) is 5.73 Å². The van der Waals surface area contributed by atoms with E-state index in [1.54, 1.807) is 6.07 Å². The summed E-state index contributed by atoms with van der Waals surface area (Å²) in [6.07, 6.45) is 2.30. The van der Waals surface area contributed by atoms with Crippen LogP contribution in [0.5, 0.6) is 0 Å². The molecule has 1 heterocycles. The van der Waals surface area contributed by atoms with Crippen molar-refractivity contribution in [3.63, 3.8) is 0 Å². The third-order valence-corrected chi connectivity index (χ3v) is 2.71. The van der Waals surface area contributed by atoms with Gasteiger partial charge in [-0.3, -0.25) is 4.79 Å². The summed E-state index contributed by atoms with van der Waals surface area (Å²) in [7, 11) is 0. The average molecular weight is 210 g/mol.